The van der Waals surface area contributed by atoms with Gasteiger partial charge in [0, 0.05) is 17.0 Å². The molecular weight excluding hydrogens is 300 g/mol. The van der Waals surface area contributed by atoms with Gasteiger partial charge in [-0.25, -0.2) is 4.79 Å². The summed E-state index contributed by atoms with van der Waals surface area (Å²) >= 11 is 3.34. The van der Waals surface area contributed by atoms with Gasteiger partial charge >= 0.3 is 11.9 Å². The molecule has 0 spiro atoms. The van der Waals surface area contributed by atoms with Crippen molar-refractivity contribution in [2.24, 2.45) is 0 Å². The average Bonchev–Trinajstić information content (AvgIpc) is 2.35. The Kier molecular flexibility index (Phi) is 5.09. The molecule has 0 aromatic heterocycles. The molecule has 0 N–H and O–H groups in total. The van der Waals surface area contributed by atoms with Crippen LogP contribution in [0, 0.1) is 0 Å². The highest BCUT2D eigenvalue weighted by Gasteiger charge is 2.25. The number of carbonyl (C=O) groups is 2. The normalized spacial score (nSPS) is 11.5. The second kappa shape index (κ2) is 6.35. The van der Waals surface area contributed by atoms with Crippen LogP contribution in [-0.2, 0) is 19.1 Å². The Labute approximate surface area is 114 Å². The second-order valence-electron chi connectivity index (χ2n) is 3.53. The van der Waals surface area contributed by atoms with E-state index in [1.165, 1.54) is 14.0 Å². The van der Waals surface area contributed by atoms with Crippen molar-refractivity contribution in [2.45, 2.75) is 13.0 Å². The monoisotopic (exact) mass is 312 g/mol. The molecule has 0 aliphatic rings. The van der Waals surface area contributed by atoms with Crippen LogP contribution in [0.15, 0.2) is 40.9 Å². The Hall–Kier alpha value is -1.62. The van der Waals surface area contributed by atoms with Crippen molar-refractivity contribution in [2.75, 3.05) is 7.11 Å². The van der Waals surface area contributed by atoms with Gasteiger partial charge in [0.25, 0.3) is 0 Å². The summed E-state index contributed by atoms with van der Waals surface area (Å²) in [6, 6.07) is 7.13. The Balaban J connectivity index is 3.14. The molecule has 0 amide bonds. The van der Waals surface area contributed by atoms with Gasteiger partial charge in [-0.1, -0.05) is 40.7 Å². The van der Waals surface area contributed by atoms with Gasteiger partial charge in [0.2, 0.25) is 0 Å². The van der Waals surface area contributed by atoms with E-state index in [0.717, 1.165) is 4.47 Å². The molecule has 0 saturated heterocycles. The highest BCUT2D eigenvalue weighted by molar-refractivity contribution is 9.10. The van der Waals surface area contributed by atoms with Crippen LogP contribution >= 0.6 is 15.9 Å². The highest BCUT2D eigenvalue weighted by atomic mass is 79.9. The molecule has 0 radical (unpaired) electrons. The summed E-state index contributed by atoms with van der Waals surface area (Å²) in [5, 5.41) is 0. The fourth-order valence-electron chi connectivity index (χ4n) is 1.41. The number of hydrogen-bond donors (Lipinski definition) is 0. The number of esters is 2. The molecule has 0 fully saturated rings. The van der Waals surface area contributed by atoms with E-state index in [2.05, 4.69) is 27.2 Å². The van der Waals surface area contributed by atoms with Crippen molar-refractivity contribution in [1.82, 2.24) is 0 Å². The predicted octanol–water partition coefficient (Wildman–Crippen LogP) is 2.78. The molecule has 96 valence electrons. The quantitative estimate of drug-likeness (QED) is 0.633. The van der Waals surface area contributed by atoms with Gasteiger partial charge in [0.05, 0.1) is 12.7 Å². The third kappa shape index (κ3) is 3.43. The minimum atomic E-state index is -0.856. The van der Waals surface area contributed by atoms with Crippen LogP contribution in [-0.4, -0.2) is 19.0 Å². The zero-order chi connectivity index (χ0) is 13.7. The molecule has 4 nitrogen and oxygen atoms in total. The smallest absolute Gasteiger partial charge is 0.337 e. The molecule has 1 rings (SSSR count). The third-order valence-electron chi connectivity index (χ3n) is 2.24. The summed E-state index contributed by atoms with van der Waals surface area (Å²) in [5.74, 6) is -1.11. The first kappa shape index (κ1) is 14.4. The van der Waals surface area contributed by atoms with Crippen molar-refractivity contribution in [3.05, 3.63) is 46.5 Å². The maximum atomic E-state index is 11.5. The summed E-state index contributed by atoms with van der Waals surface area (Å²) in [6.45, 7) is 4.90. The van der Waals surface area contributed by atoms with Crippen LogP contribution in [0.2, 0.25) is 0 Å². The first-order valence-electron chi connectivity index (χ1n) is 5.16. The van der Waals surface area contributed by atoms with Crippen molar-refractivity contribution in [3.8, 4) is 0 Å². The summed E-state index contributed by atoms with van der Waals surface area (Å²) < 4.78 is 10.4. The molecule has 1 atom stereocenters. The molecule has 0 aliphatic heterocycles. The first-order valence-corrected chi connectivity index (χ1v) is 5.95. The molecule has 0 bridgehead atoms. The molecule has 0 aliphatic carbocycles. The highest BCUT2D eigenvalue weighted by Crippen LogP contribution is 2.31. The standard InChI is InChI=1S/C13H13BrO4/c1-8(13(16)17-3)12(18-9(2)15)10-6-4-5-7-11(10)14/h4-7,12H,1H2,2-3H3. The SMILES string of the molecule is C=C(C(=O)OC)C(OC(C)=O)c1ccccc1Br. The summed E-state index contributed by atoms with van der Waals surface area (Å²) in [4.78, 5) is 22.6. The minimum absolute atomic E-state index is 0.0691. The number of carbonyl (C=O) groups excluding carboxylic acids is 2. The number of hydrogen-bond acceptors (Lipinski definition) is 4. The lowest BCUT2D eigenvalue weighted by molar-refractivity contribution is -0.147. The maximum absolute atomic E-state index is 11.5. The molecule has 5 heteroatoms. The number of methoxy groups -OCH3 is 1. The Morgan fingerprint density at radius 1 is 1.33 bits per heavy atom. The first-order chi connectivity index (χ1) is 8.47. The Morgan fingerprint density at radius 2 is 1.94 bits per heavy atom. The van der Waals surface area contributed by atoms with Gasteiger partial charge in [-0.15, -0.1) is 0 Å². The molecule has 0 saturated carbocycles. The van der Waals surface area contributed by atoms with Gasteiger partial charge in [0.1, 0.15) is 0 Å². The fraction of sp³-hybridized carbons (Fsp3) is 0.231. The lowest BCUT2D eigenvalue weighted by atomic mass is 10.0. The van der Waals surface area contributed by atoms with Crippen molar-refractivity contribution in [1.29, 1.82) is 0 Å². The van der Waals surface area contributed by atoms with E-state index >= 15 is 0 Å². The molecule has 0 heterocycles. The van der Waals surface area contributed by atoms with Crippen molar-refractivity contribution < 1.29 is 19.1 Å². The zero-order valence-electron chi connectivity index (χ0n) is 10.1. The van der Waals surface area contributed by atoms with Gasteiger partial charge in [-0.3, -0.25) is 4.79 Å². The Morgan fingerprint density at radius 3 is 2.44 bits per heavy atom. The van der Waals surface area contributed by atoms with Crippen molar-refractivity contribution >= 4 is 27.9 Å². The average molecular weight is 313 g/mol. The van der Waals surface area contributed by atoms with E-state index in [4.69, 9.17) is 4.74 Å². The van der Waals surface area contributed by atoms with Gasteiger partial charge in [-0.2, -0.15) is 0 Å². The summed E-state index contributed by atoms with van der Waals surface area (Å²) in [6.07, 6.45) is -0.856. The van der Waals surface area contributed by atoms with E-state index < -0.39 is 18.0 Å². The van der Waals surface area contributed by atoms with Crippen LogP contribution in [0.5, 0.6) is 0 Å². The van der Waals surface area contributed by atoms with E-state index in [1.54, 1.807) is 18.2 Å². The molecule has 1 unspecified atom stereocenters. The third-order valence-corrected chi connectivity index (χ3v) is 2.96. The van der Waals surface area contributed by atoms with Crippen LogP contribution < -0.4 is 0 Å². The van der Waals surface area contributed by atoms with Crippen molar-refractivity contribution in [3.63, 3.8) is 0 Å². The predicted molar refractivity (Wildman–Crippen MR) is 69.8 cm³/mol. The van der Waals surface area contributed by atoms with Crippen LogP contribution in [0.1, 0.15) is 18.6 Å². The number of rotatable bonds is 4. The van der Waals surface area contributed by atoms with E-state index in [-0.39, 0.29) is 5.57 Å². The minimum Gasteiger partial charge on any atom is -0.466 e. The van der Waals surface area contributed by atoms with Gasteiger partial charge in [-0.05, 0) is 6.07 Å². The topological polar surface area (TPSA) is 52.6 Å². The lowest BCUT2D eigenvalue weighted by Gasteiger charge is -2.19. The van der Waals surface area contributed by atoms with Crippen LogP contribution in [0.3, 0.4) is 0 Å². The summed E-state index contributed by atoms with van der Waals surface area (Å²) in [7, 11) is 1.25. The Bertz CT molecular complexity index is 482. The number of benzene rings is 1. The molecule has 18 heavy (non-hydrogen) atoms. The van der Waals surface area contributed by atoms with Gasteiger partial charge < -0.3 is 9.47 Å². The zero-order valence-corrected chi connectivity index (χ0v) is 11.7. The van der Waals surface area contributed by atoms with E-state index in [9.17, 15) is 9.59 Å². The fourth-order valence-corrected chi connectivity index (χ4v) is 1.91. The molecule has 1 aromatic carbocycles. The number of halogens is 1. The number of ether oxygens (including phenoxy) is 2. The van der Waals surface area contributed by atoms with Gasteiger partial charge in [0.15, 0.2) is 6.10 Å². The second-order valence-corrected chi connectivity index (χ2v) is 4.38. The van der Waals surface area contributed by atoms with E-state index in [0.29, 0.717) is 5.56 Å². The molecule has 1 aromatic rings. The summed E-state index contributed by atoms with van der Waals surface area (Å²) in [5.41, 5.74) is 0.711. The largest absolute Gasteiger partial charge is 0.466 e. The molecular formula is C13H13BrO4. The van der Waals surface area contributed by atoms with E-state index in [1.807, 2.05) is 6.07 Å². The lowest BCUT2D eigenvalue weighted by Crippen LogP contribution is -2.17. The maximum Gasteiger partial charge on any atom is 0.337 e. The van der Waals surface area contributed by atoms with Crippen LogP contribution in [0.25, 0.3) is 0 Å². The van der Waals surface area contributed by atoms with Crippen LogP contribution in [0.4, 0.5) is 0 Å².